The fourth-order valence-corrected chi connectivity index (χ4v) is 3.66. The zero-order valence-corrected chi connectivity index (χ0v) is 16.2. The van der Waals surface area contributed by atoms with Crippen LogP contribution in [-0.4, -0.2) is 61.0 Å². The van der Waals surface area contributed by atoms with Crippen molar-refractivity contribution in [3.05, 3.63) is 34.7 Å². The van der Waals surface area contributed by atoms with E-state index in [0.29, 0.717) is 18.1 Å². The molecule has 0 aromatic heterocycles. The fraction of sp³-hybridized carbons (Fsp3) is 0.421. The number of amides is 2. The lowest BCUT2D eigenvalue weighted by Gasteiger charge is -2.28. The predicted molar refractivity (Wildman–Crippen MR) is 103 cm³/mol. The van der Waals surface area contributed by atoms with Gasteiger partial charge in [0, 0.05) is 18.8 Å². The van der Waals surface area contributed by atoms with Gasteiger partial charge in [0.1, 0.15) is 6.54 Å². The highest BCUT2D eigenvalue weighted by Crippen LogP contribution is 2.32. The summed E-state index contributed by atoms with van der Waals surface area (Å²) < 4.78 is 10.4. The summed E-state index contributed by atoms with van der Waals surface area (Å²) in [5.74, 6) is -1.06. The number of imide groups is 1. The van der Waals surface area contributed by atoms with Gasteiger partial charge in [-0.3, -0.25) is 19.3 Å². The van der Waals surface area contributed by atoms with Crippen LogP contribution >= 0.6 is 11.8 Å². The van der Waals surface area contributed by atoms with E-state index in [0.717, 1.165) is 41.0 Å². The van der Waals surface area contributed by atoms with Crippen molar-refractivity contribution >= 4 is 40.6 Å². The molecule has 0 saturated carbocycles. The molecule has 3 rings (SSSR count). The van der Waals surface area contributed by atoms with Crippen LogP contribution in [0.1, 0.15) is 19.4 Å². The number of ether oxygens (including phenoxy) is 2. The number of hydrogen-bond acceptors (Lipinski definition) is 7. The molecule has 0 unspecified atom stereocenters. The van der Waals surface area contributed by atoms with Gasteiger partial charge in [-0.25, -0.2) is 0 Å². The summed E-state index contributed by atoms with van der Waals surface area (Å²) in [4.78, 5) is 39.7. The van der Waals surface area contributed by atoms with Gasteiger partial charge in [-0.15, -0.1) is 0 Å². The maximum atomic E-state index is 12.4. The van der Waals surface area contributed by atoms with E-state index in [-0.39, 0.29) is 12.6 Å². The van der Waals surface area contributed by atoms with Crippen molar-refractivity contribution < 1.29 is 23.9 Å². The largest absolute Gasteiger partial charge is 0.462 e. The van der Waals surface area contributed by atoms with E-state index in [1.54, 1.807) is 19.9 Å². The van der Waals surface area contributed by atoms with E-state index >= 15 is 0 Å². The SMILES string of the molecule is CC(C)OC(=O)CN1C(=O)S/C(=C\c2ccc(N3CCOCC3)cc2)C1=O. The number of benzene rings is 1. The second-order valence-electron chi connectivity index (χ2n) is 6.50. The van der Waals surface area contributed by atoms with Crippen LogP contribution < -0.4 is 4.90 Å². The summed E-state index contributed by atoms with van der Waals surface area (Å²) in [6.45, 7) is 6.20. The van der Waals surface area contributed by atoms with E-state index in [1.165, 1.54) is 0 Å². The van der Waals surface area contributed by atoms with Crippen LogP contribution in [0.2, 0.25) is 0 Å². The number of rotatable bonds is 5. The Kier molecular flexibility index (Phi) is 6.18. The highest BCUT2D eigenvalue weighted by Gasteiger charge is 2.36. The Labute approximate surface area is 162 Å². The molecule has 1 aromatic carbocycles. The van der Waals surface area contributed by atoms with E-state index in [4.69, 9.17) is 9.47 Å². The van der Waals surface area contributed by atoms with E-state index in [1.807, 2.05) is 24.3 Å². The third kappa shape index (κ3) is 4.90. The third-order valence-electron chi connectivity index (χ3n) is 4.10. The number of thioether (sulfide) groups is 1. The number of morpholine rings is 1. The van der Waals surface area contributed by atoms with Gasteiger partial charge in [-0.1, -0.05) is 12.1 Å². The van der Waals surface area contributed by atoms with E-state index in [2.05, 4.69) is 4.90 Å². The zero-order valence-electron chi connectivity index (χ0n) is 15.3. The quantitative estimate of drug-likeness (QED) is 0.565. The van der Waals surface area contributed by atoms with Crippen molar-refractivity contribution in [2.24, 2.45) is 0 Å². The van der Waals surface area contributed by atoms with Crippen LogP contribution in [0.3, 0.4) is 0 Å². The number of carbonyl (C=O) groups excluding carboxylic acids is 3. The number of anilines is 1. The molecule has 0 radical (unpaired) electrons. The first-order valence-electron chi connectivity index (χ1n) is 8.81. The van der Waals surface area contributed by atoms with Crippen LogP contribution in [0.25, 0.3) is 6.08 Å². The van der Waals surface area contributed by atoms with Gasteiger partial charge >= 0.3 is 5.97 Å². The number of hydrogen-bond donors (Lipinski definition) is 0. The van der Waals surface area contributed by atoms with Crippen LogP contribution in [0, 0.1) is 0 Å². The molecule has 2 heterocycles. The van der Waals surface area contributed by atoms with Gasteiger partial charge in [-0.2, -0.15) is 0 Å². The topological polar surface area (TPSA) is 76.2 Å². The summed E-state index contributed by atoms with van der Waals surface area (Å²) in [7, 11) is 0. The summed E-state index contributed by atoms with van der Waals surface area (Å²) in [5.41, 5.74) is 1.92. The van der Waals surface area contributed by atoms with Crippen molar-refractivity contribution in [2.75, 3.05) is 37.7 Å². The molecule has 2 saturated heterocycles. The van der Waals surface area contributed by atoms with Gasteiger partial charge < -0.3 is 14.4 Å². The number of carbonyl (C=O) groups is 3. The van der Waals surface area contributed by atoms with E-state index in [9.17, 15) is 14.4 Å². The molecule has 2 aliphatic heterocycles. The van der Waals surface area contributed by atoms with Crippen LogP contribution in [0.5, 0.6) is 0 Å². The van der Waals surface area contributed by atoms with Gasteiger partial charge in [0.15, 0.2) is 0 Å². The molecule has 2 fully saturated rings. The summed E-state index contributed by atoms with van der Waals surface area (Å²) in [5, 5.41) is -0.461. The highest BCUT2D eigenvalue weighted by molar-refractivity contribution is 8.18. The monoisotopic (exact) mass is 390 g/mol. The lowest BCUT2D eigenvalue weighted by molar-refractivity contribution is -0.149. The Morgan fingerprint density at radius 3 is 2.52 bits per heavy atom. The molecular formula is C19H22N2O5S. The predicted octanol–water partition coefficient (Wildman–Crippen LogP) is 2.51. The molecule has 144 valence electrons. The van der Waals surface area contributed by atoms with Gasteiger partial charge in [0.25, 0.3) is 11.1 Å². The minimum Gasteiger partial charge on any atom is -0.462 e. The van der Waals surface area contributed by atoms with Gasteiger partial charge in [0.05, 0.1) is 24.2 Å². The lowest BCUT2D eigenvalue weighted by Crippen LogP contribution is -2.36. The van der Waals surface area contributed by atoms with Crippen LogP contribution in [0.15, 0.2) is 29.2 Å². The minimum absolute atomic E-state index is 0.294. The Morgan fingerprint density at radius 1 is 1.22 bits per heavy atom. The minimum atomic E-state index is -0.594. The van der Waals surface area contributed by atoms with E-state index < -0.39 is 17.1 Å². The fourth-order valence-electron chi connectivity index (χ4n) is 2.82. The molecular weight excluding hydrogens is 368 g/mol. The maximum absolute atomic E-state index is 12.4. The maximum Gasteiger partial charge on any atom is 0.326 e. The number of nitrogens with zero attached hydrogens (tertiary/aromatic N) is 2. The first-order valence-corrected chi connectivity index (χ1v) is 9.63. The summed E-state index contributed by atoms with van der Waals surface area (Å²) in [6.07, 6.45) is 1.37. The molecule has 0 N–H and O–H groups in total. The van der Waals surface area contributed by atoms with Crippen molar-refractivity contribution in [3.63, 3.8) is 0 Å². The van der Waals surface area contributed by atoms with Crippen molar-refractivity contribution in [1.29, 1.82) is 0 Å². The molecule has 2 aliphatic rings. The molecule has 7 nitrogen and oxygen atoms in total. The van der Waals surface area contributed by atoms with Crippen molar-refractivity contribution in [3.8, 4) is 0 Å². The van der Waals surface area contributed by atoms with Gasteiger partial charge in [-0.05, 0) is 49.4 Å². The normalized spacial score (nSPS) is 19.3. The van der Waals surface area contributed by atoms with Crippen molar-refractivity contribution in [1.82, 2.24) is 4.90 Å². The first-order chi connectivity index (χ1) is 12.9. The second-order valence-corrected chi connectivity index (χ2v) is 7.49. The first kappa shape index (κ1) is 19.4. The molecule has 0 aliphatic carbocycles. The highest BCUT2D eigenvalue weighted by atomic mass is 32.2. The summed E-state index contributed by atoms with van der Waals surface area (Å²) >= 11 is 0.834. The molecule has 2 amide bonds. The smallest absolute Gasteiger partial charge is 0.326 e. The van der Waals surface area contributed by atoms with Gasteiger partial charge in [0.2, 0.25) is 0 Å². The van der Waals surface area contributed by atoms with Crippen LogP contribution in [-0.2, 0) is 19.1 Å². The molecule has 27 heavy (non-hydrogen) atoms. The molecule has 0 atom stereocenters. The molecule has 8 heteroatoms. The molecule has 0 spiro atoms. The van der Waals surface area contributed by atoms with Crippen molar-refractivity contribution in [2.45, 2.75) is 20.0 Å². The summed E-state index contributed by atoms with van der Waals surface area (Å²) in [6, 6.07) is 7.79. The number of esters is 1. The average molecular weight is 390 g/mol. The Hall–Kier alpha value is -2.32. The Balaban J connectivity index is 1.67. The third-order valence-corrected chi connectivity index (χ3v) is 5.00. The molecule has 1 aromatic rings. The Bertz CT molecular complexity index is 754. The second kappa shape index (κ2) is 8.58. The average Bonchev–Trinajstić information content (AvgIpc) is 2.90. The standard InChI is InChI=1S/C19H22N2O5S/c1-13(2)26-17(22)12-21-18(23)16(27-19(21)24)11-14-3-5-15(6-4-14)20-7-9-25-10-8-20/h3-6,11,13H,7-10,12H2,1-2H3/b16-11-. The Morgan fingerprint density at radius 2 is 1.89 bits per heavy atom. The van der Waals surface area contributed by atoms with Crippen LogP contribution in [0.4, 0.5) is 10.5 Å². The molecule has 0 bridgehead atoms. The lowest BCUT2D eigenvalue weighted by atomic mass is 10.1. The zero-order chi connectivity index (χ0) is 19.4.